The van der Waals surface area contributed by atoms with E-state index in [-0.39, 0.29) is 12.3 Å². The molecule has 1 aromatic rings. The van der Waals surface area contributed by atoms with Crippen molar-refractivity contribution in [3.63, 3.8) is 0 Å². The summed E-state index contributed by atoms with van der Waals surface area (Å²) in [5, 5.41) is 3.27. The minimum Gasteiger partial charge on any atom is -0.496 e. The van der Waals surface area contributed by atoms with Crippen LogP contribution in [0.5, 0.6) is 5.75 Å². The Bertz CT molecular complexity index is 395. The second kappa shape index (κ2) is 9.34. The summed E-state index contributed by atoms with van der Waals surface area (Å²) in [6, 6.07) is 6.19. The summed E-state index contributed by atoms with van der Waals surface area (Å²) >= 11 is 3.51. The zero-order chi connectivity index (χ0) is 15.0. The first kappa shape index (κ1) is 17.4. The van der Waals surface area contributed by atoms with Crippen molar-refractivity contribution in [2.75, 3.05) is 27.4 Å². The monoisotopic (exact) mass is 345 g/mol. The van der Waals surface area contributed by atoms with Gasteiger partial charge in [0.05, 0.1) is 17.6 Å². The van der Waals surface area contributed by atoms with E-state index in [0.717, 1.165) is 16.6 Å². The van der Waals surface area contributed by atoms with Gasteiger partial charge in [0.25, 0.3) is 0 Å². The average molecular weight is 346 g/mol. The van der Waals surface area contributed by atoms with E-state index in [1.807, 2.05) is 27.0 Å². The number of methoxy groups -OCH3 is 1. The SMILES string of the molecule is CCOC(OCC)C(Cc1ccc(OC)c(Br)c1)NC. The summed E-state index contributed by atoms with van der Waals surface area (Å²) in [7, 11) is 3.59. The highest BCUT2D eigenvalue weighted by atomic mass is 79.9. The lowest BCUT2D eigenvalue weighted by atomic mass is 10.1. The van der Waals surface area contributed by atoms with E-state index in [1.165, 1.54) is 5.56 Å². The van der Waals surface area contributed by atoms with E-state index in [4.69, 9.17) is 14.2 Å². The smallest absolute Gasteiger partial charge is 0.172 e. The summed E-state index contributed by atoms with van der Waals surface area (Å²) in [4.78, 5) is 0. The van der Waals surface area contributed by atoms with Crippen LogP contribution in [0.2, 0.25) is 0 Å². The van der Waals surface area contributed by atoms with Crippen LogP contribution in [0.1, 0.15) is 19.4 Å². The zero-order valence-electron chi connectivity index (χ0n) is 12.6. The highest BCUT2D eigenvalue weighted by Crippen LogP contribution is 2.26. The van der Waals surface area contributed by atoms with Gasteiger partial charge in [0.15, 0.2) is 6.29 Å². The molecule has 114 valence electrons. The number of likely N-dealkylation sites (N-methyl/N-ethyl adjacent to an activating group) is 1. The number of benzene rings is 1. The summed E-state index contributed by atoms with van der Waals surface area (Å²) in [5.74, 6) is 0.834. The standard InChI is InChI=1S/C15H24BrNO3/c1-5-19-15(20-6-2)13(17-3)10-11-7-8-14(18-4)12(16)9-11/h7-9,13,15,17H,5-6,10H2,1-4H3. The van der Waals surface area contributed by atoms with Crippen LogP contribution < -0.4 is 10.1 Å². The number of hydrogen-bond donors (Lipinski definition) is 1. The number of ether oxygens (including phenoxy) is 3. The molecule has 0 aliphatic carbocycles. The van der Waals surface area contributed by atoms with Crippen molar-refractivity contribution in [3.8, 4) is 5.75 Å². The van der Waals surface area contributed by atoms with Gasteiger partial charge in [0.1, 0.15) is 5.75 Å². The van der Waals surface area contributed by atoms with Gasteiger partial charge in [-0.15, -0.1) is 0 Å². The first-order valence-electron chi connectivity index (χ1n) is 6.89. The van der Waals surface area contributed by atoms with Crippen LogP contribution in [0.15, 0.2) is 22.7 Å². The predicted octanol–water partition coefficient (Wildman–Crippen LogP) is 2.99. The van der Waals surface area contributed by atoms with E-state index in [1.54, 1.807) is 7.11 Å². The van der Waals surface area contributed by atoms with Crippen molar-refractivity contribution in [1.29, 1.82) is 0 Å². The molecule has 0 fully saturated rings. The fourth-order valence-corrected chi connectivity index (χ4v) is 2.62. The van der Waals surface area contributed by atoms with Crippen LogP contribution in [0, 0.1) is 0 Å². The van der Waals surface area contributed by atoms with E-state index >= 15 is 0 Å². The molecule has 1 aromatic carbocycles. The van der Waals surface area contributed by atoms with Crippen molar-refractivity contribution in [2.45, 2.75) is 32.6 Å². The van der Waals surface area contributed by atoms with Gasteiger partial charge in [-0.2, -0.15) is 0 Å². The van der Waals surface area contributed by atoms with Crippen LogP contribution in [-0.4, -0.2) is 39.7 Å². The summed E-state index contributed by atoms with van der Waals surface area (Å²) in [6.45, 7) is 5.22. The first-order valence-corrected chi connectivity index (χ1v) is 7.68. The maximum Gasteiger partial charge on any atom is 0.172 e. The molecule has 0 aliphatic heterocycles. The number of halogens is 1. The highest BCUT2D eigenvalue weighted by Gasteiger charge is 2.21. The highest BCUT2D eigenvalue weighted by molar-refractivity contribution is 9.10. The van der Waals surface area contributed by atoms with Crippen LogP contribution in [-0.2, 0) is 15.9 Å². The van der Waals surface area contributed by atoms with Gasteiger partial charge >= 0.3 is 0 Å². The molecule has 1 atom stereocenters. The summed E-state index contributed by atoms with van der Waals surface area (Å²) in [6.07, 6.45) is 0.583. The molecule has 0 bridgehead atoms. The third-order valence-corrected chi connectivity index (χ3v) is 3.65. The Morgan fingerprint density at radius 2 is 1.85 bits per heavy atom. The van der Waals surface area contributed by atoms with Crippen LogP contribution in [0.3, 0.4) is 0 Å². The summed E-state index contributed by atoms with van der Waals surface area (Å²) < 4.78 is 17.5. The van der Waals surface area contributed by atoms with Crippen molar-refractivity contribution in [1.82, 2.24) is 5.32 Å². The summed E-state index contributed by atoms with van der Waals surface area (Å²) in [5.41, 5.74) is 1.20. The molecule has 1 N–H and O–H groups in total. The van der Waals surface area contributed by atoms with E-state index in [0.29, 0.717) is 13.2 Å². The third-order valence-electron chi connectivity index (χ3n) is 3.03. The molecule has 20 heavy (non-hydrogen) atoms. The molecule has 0 heterocycles. The average Bonchev–Trinajstić information content (AvgIpc) is 2.45. The molecule has 4 nitrogen and oxygen atoms in total. The van der Waals surface area contributed by atoms with Gasteiger partial charge in [-0.25, -0.2) is 0 Å². The molecular formula is C15H24BrNO3. The zero-order valence-corrected chi connectivity index (χ0v) is 14.2. The number of nitrogens with one attached hydrogen (secondary N) is 1. The normalized spacial score (nSPS) is 12.7. The Labute approximate surface area is 129 Å². The molecule has 5 heteroatoms. The number of hydrogen-bond acceptors (Lipinski definition) is 4. The molecule has 0 spiro atoms. The molecule has 0 radical (unpaired) electrons. The van der Waals surface area contributed by atoms with Crippen LogP contribution in [0.25, 0.3) is 0 Å². The van der Waals surface area contributed by atoms with Gasteiger partial charge in [-0.3, -0.25) is 0 Å². The Morgan fingerprint density at radius 3 is 2.30 bits per heavy atom. The molecule has 0 aromatic heterocycles. The molecule has 0 amide bonds. The molecule has 0 saturated heterocycles. The van der Waals surface area contributed by atoms with Crippen molar-refractivity contribution >= 4 is 15.9 Å². The third kappa shape index (κ3) is 5.05. The van der Waals surface area contributed by atoms with Crippen LogP contribution >= 0.6 is 15.9 Å². The molecule has 1 unspecified atom stereocenters. The molecule has 0 saturated carbocycles. The van der Waals surface area contributed by atoms with E-state index in [9.17, 15) is 0 Å². The Balaban J connectivity index is 2.78. The van der Waals surface area contributed by atoms with Crippen molar-refractivity contribution in [3.05, 3.63) is 28.2 Å². The number of rotatable bonds is 9. The molecule has 0 aliphatic rings. The lowest BCUT2D eigenvalue weighted by molar-refractivity contribution is -0.152. The lowest BCUT2D eigenvalue weighted by Gasteiger charge is -2.26. The minimum absolute atomic E-state index is 0.107. The maximum atomic E-state index is 5.66. The van der Waals surface area contributed by atoms with Gasteiger partial charge in [-0.05, 0) is 60.9 Å². The molecular weight excluding hydrogens is 322 g/mol. The predicted molar refractivity (Wildman–Crippen MR) is 84.3 cm³/mol. The Hall–Kier alpha value is -0.620. The van der Waals surface area contributed by atoms with Gasteiger partial charge in [-0.1, -0.05) is 6.07 Å². The minimum atomic E-state index is -0.240. The van der Waals surface area contributed by atoms with E-state index in [2.05, 4.69) is 33.4 Å². The first-order chi connectivity index (χ1) is 9.65. The van der Waals surface area contributed by atoms with Crippen molar-refractivity contribution < 1.29 is 14.2 Å². The lowest BCUT2D eigenvalue weighted by Crippen LogP contribution is -2.42. The molecule has 1 rings (SSSR count). The van der Waals surface area contributed by atoms with E-state index < -0.39 is 0 Å². The quantitative estimate of drug-likeness (QED) is 0.698. The van der Waals surface area contributed by atoms with Crippen molar-refractivity contribution in [2.24, 2.45) is 0 Å². The topological polar surface area (TPSA) is 39.7 Å². The second-order valence-electron chi connectivity index (χ2n) is 4.35. The maximum absolute atomic E-state index is 5.66. The Kier molecular flexibility index (Phi) is 8.14. The largest absolute Gasteiger partial charge is 0.496 e. The van der Waals surface area contributed by atoms with Crippen LogP contribution in [0.4, 0.5) is 0 Å². The fraction of sp³-hybridized carbons (Fsp3) is 0.600. The van der Waals surface area contributed by atoms with Gasteiger partial charge in [0, 0.05) is 13.2 Å². The fourth-order valence-electron chi connectivity index (χ4n) is 2.03. The van der Waals surface area contributed by atoms with Gasteiger partial charge < -0.3 is 19.5 Å². The Morgan fingerprint density at radius 1 is 1.20 bits per heavy atom. The second-order valence-corrected chi connectivity index (χ2v) is 5.20. The van der Waals surface area contributed by atoms with Gasteiger partial charge in [0.2, 0.25) is 0 Å².